The lowest BCUT2D eigenvalue weighted by atomic mass is 9.89. The van der Waals surface area contributed by atoms with E-state index in [1.165, 1.54) is 18.6 Å². The van der Waals surface area contributed by atoms with Gasteiger partial charge in [-0.3, -0.25) is 0 Å². The van der Waals surface area contributed by atoms with E-state index in [9.17, 15) is 13.2 Å². The average Bonchev–Trinajstić information content (AvgIpc) is 3.08. The molecule has 2 aliphatic heterocycles. The minimum Gasteiger partial charge on any atom is -0.316 e. The van der Waals surface area contributed by atoms with Crippen molar-refractivity contribution in [1.82, 2.24) is 10.2 Å². The number of benzene rings is 1. The van der Waals surface area contributed by atoms with E-state index in [1.54, 1.807) is 0 Å². The number of rotatable bonds is 3. The number of alkyl halides is 3. The Balaban J connectivity index is 0.00000192. The van der Waals surface area contributed by atoms with Gasteiger partial charge in [-0.1, -0.05) is 25.1 Å². The van der Waals surface area contributed by atoms with Crippen molar-refractivity contribution in [3.63, 3.8) is 0 Å². The smallest absolute Gasteiger partial charge is 0.316 e. The lowest BCUT2D eigenvalue weighted by Gasteiger charge is -2.29. The van der Waals surface area contributed by atoms with Gasteiger partial charge in [-0.25, -0.2) is 0 Å². The van der Waals surface area contributed by atoms with E-state index in [-0.39, 0.29) is 18.3 Å². The van der Waals surface area contributed by atoms with Crippen LogP contribution in [0.2, 0.25) is 0 Å². The first-order valence-electron chi connectivity index (χ1n) is 7.96. The van der Waals surface area contributed by atoms with Gasteiger partial charge in [0.05, 0.1) is 5.56 Å². The molecule has 2 heterocycles. The summed E-state index contributed by atoms with van der Waals surface area (Å²) in [5, 5.41) is 3.40. The van der Waals surface area contributed by atoms with Crippen molar-refractivity contribution in [2.75, 3.05) is 32.7 Å². The Bertz CT molecular complexity index is 527. The van der Waals surface area contributed by atoms with Gasteiger partial charge in [-0.05, 0) is 48.9 Å². The molecule has 130 valence electrons. The molecule has 2 aliphatic rings. The van der Waals surface area contributed by atoms with Gasteiger partial charge in [-0.2, -0.15) is 13.2 Å². The van der Waals surface area contributed by atoms with Crippen LogP contribution in [-0.2, 0) is 6.18 Å². The van der Waals surface area contributed by atoms with Crippen molar-refractivity contribution in [3.05, 3.63) is 35.4 Å². The number of hydrogen-bond acceptors (Lipinski definition) is 2. The molecule has 1 aromatic rings. The molecule has 6 heteroatoms. The molecule has 0 radical (unpaired) electrons. The highest BCUT2D eigenvalue weighted by Gasteiger charge is 2.35. The normalized spacial score (nSPS) is 28.8. The predicted molar refractivity (Wildman–Crippen MR) is 88.1 cm³/mol. The maximum Gasteiger partial charge on any atom is 0.416 e. The summed E-state index contributed by atoms with van der Waals surface area (Å²) in [5.74, 6) is 0.222. The van der Waals surface area contributed by atoms with E-state index in [0.29, 0.717) is 5.41 Å². The van der Waals surface area contributed by atoms with Crippen LogP contribution < -0.4 is 5.32 Å². The summed E-state index contributed by atoms with van der Waals surface area (Å²) in [7, 11) is 0. The highest BCUT2D eigenvalue weighted by atomic mass is 35.5. The third-order valence-corrected chi connectivity index (χ3v) is 5.02. The van der Waals surface area contributed by atoms with Crippen molar-refractivity contribution in [2.24, 2.45) is 5.41 Å². The molecule has 23 heavy (non-hydrogen) atoms. The van der Waals surface area contributed by atoms with Crippen LogP contribution in [-0.4, -0.2) is 37.6 Å². The molecule has 1 N–H and O–H groups in total. The number of nitrogens with zero attached hydrogens (tertiary/aromatic N) is 1. The SMILES string of the molecule is CC1(CN2CCC(c3cccc(C(F)(F)F)c3)C2)CCNC1.Cl. The largest absolute Gasteiger partial charge is 0.416 e. The highest BCUT2D eigenvalue weighted by Crippen LogP contribution is 2.35. The monoisotopic (exact) mass is 348 g/mol. The molecule has 2 unspecified atom stereocenters. The molecule has 3 rings (SSSR count). The lowest BCUT2D eigenvalue weighted by molar-refractivity contribution is -0.137. The Hall–Kier alpha value is -0.780. The molecular weight excluding hydrogens is 325 g/mol. The fourth-order valence-corrected chi connectivity index (χ4v) is 3.76. The Kier molecular flexibility index (Phi) is 5.64. The molecule has 2 nitrogen and oxygen atoms in total. The van der Waals surface area contributed by atoms with Crippen LogP contribution >= 0.6 is 12.4 Å². The Morgan fingerprint density at radius 3 is 2.78 bits per heavy atom. The van der Waals surface area contributed by atoms with E-state index >= 15 is 0 Å². The average molecular weight is 349 g/mol. The van der Waals surface area contributed by atoms with Crippen molar-refractivity contribution in [3.8, 4) is 0 Å². The summed E-state index contributed by atoms with van der Waals surface area (Å²) in [6, 6.07) is 5.85. The third kappa shape index (κ3) is 4.40. The van der Waals surface area contributed by atoms with Gasteiger partial charge in [0.25, 0.3) is 0 Å². The minimum atomic E-state index is -4.25. The summed E-state index contributed by atoms with van der Waals surface area (Å²) in [6.45, 7) is 7.30. The predicted octanol–water partition coefficient (Wildman–Crippen LogP) is 3.92. The molecule has 2 fully saturated rings. The molecule has 0 spiro atoms. The van der Waals surface area contributed by atoms with Crippen molar-refractivity contribution < 1.29 is 13.2 Å². The minimum absolute atomic E-state index is 0. The molecular formula is C17H24ClF3N2. The van der Waals surface area contributed by atoms with Crippen LogP contribution in [0, 0.1) is 5.41 Å². The first-order valence-corrected chi connectivity index (χ1v) is 7.96. The van der Waals surface area contributed by atoms with E-state index in [2.05, 4.69) is 17.1 Å². The fraction of sp³-hybridized carbons (Fsp3) is 0.647. The van der Waals surface area contributed by atoms with Gasteiger partial charge in [0.1, 0.15) is 0 Å². The van der Waals surface area contributed by atoms with E-state index < -0.39 is 11.7 Å². The zero-order chi connectivity index (χ0) is 15.8. The van der Waals surface area contributed by atoms with Crippen LogP contribution in [0.15, 0.2) is 24.3 Å². The maximum atomic E-state index is 12.8. The summed E-state index contributed by atoms with van der Waals surface area (Å²) < 4.78 is 38.5. The third-order valence-electron chi connectivity index (χ3n) is 5.02. The second-order valence-electron chi connectivity index (χ2n) is 7.08. The van der Waals surface area contributed by atoms with E-state index in [1.807, 2.05) is 6.07 Å². The second kappa shape index (κ2) is 6.99. The van der Waals surface area contributed by atoms with Crippen LogP contribution in [0.4, 0.5) is 13.2 Å². The molecule has 0 aliphatic carbocycles. The zero-order valence-corrected chi connectivity index (χ0v) is 14.1. The Morgan fingerprint density at radius 1 is 1.35 bits per heavy atom. The summed E-state index contributed by atoms with van der Waals surface area (Å²) >= 11 is 0. The quantitative estimate of drug-likeness (QED) is 0.890. The first-order chi connectivity index (χ1) is 10.4. The van der Waals surface area contributed by atoms with Crippen LogP contribution in [0.1, 0.15) is 36.8 Å². The number of halogens is 4. The van der Waals surface area contributed by atoms with Gasteiger partial charge in [0, 0.05) is 19.6 Å². The summed E-state index contributed by atoms with van der Waals surface area (Å²) in [4.78, 5) is 2.41. The van der Waals surface area contributed by atoms with Gasteiger partial charge in [0.2, 0.25) is 0 Å². The van der Waals surface area contributed by atoms with Gasteiger partial charge in [0.15, 0.2) is 0 Å². The molecule has 0 amide bonds. The summed E-state index contributed by atoms with van der Waals surface area (Å²) in [5.41, 5.74) is 0.602. The second-order valence-corrected chi connectivity index (χ2v) is 7.08. The molecule has 0 bridgehead atoms. The molecule has 2 saturated heterocycles. The lowest BCUT2D eigenvalue weighted by Crippen LogP contribution is -2.36. The fourth-order valence-electron chi connectivity index (χ4n) is 3.76. The van der Waals surface area contributed by atoms with E-state index in [0.717, 1.165) is 50.8 Å². The summed E-state index contributed by atoms with van der Waals surface area (Å²) in [6.07, 6.45) is -2.13. The topological polar surface area (TPSA) is 15.3 Å². The van der Waals surface area contributed by atoms with Gasteiger partial charge in [-0.15, -0.1) is 12.4 Å². The van der Waals surface area contributed by atoms with Crippen molar-refractivity contribution in [2.45, 2.75) is 31.9 Å². The standard InChI is InChI=1S/C17H23F3N2.ClH/c1-16(6-7-21-11-16)12-22-8-5-14(10-22)13-3-2-4-15(9-13)17(18,19)20;/h2-4,9,14,21H,5-8,10-12H2,1H3;1H. The number of nitrogens with one attached hydrogen (secondary N) is 1. The molecule has 0 aromatic heterocycles. The maximum absolute atomic E-state index is 12.8. The zero-order valence-electron chi connectivity index (χ0n) is 13.3. The van der Waals surface area contributed by atoms with Crippen molar-refractivity contribution >= 4 is 12.4 Å². The first kappa shape index (κ1) is 18.6. The number of likely N-dealkylation sites (tertiary alicyclic amines) is 1. The highest BCUT2D eigenvalue weighted by molar-refractivity contribution is 5.85. The van der Waals surface area contributed by atoms with Crippen molar-refractivity contribution in [1.29, 1.82) is 0 Å². The molecule has 1 aromatic carbocycles. The Morgan fingerprint density at radius 2 is 2.13 bits per heavy atom. The van der Waals surface area contributed by atoms with Crippen LogP contribution in [0.5, 0.6) is 0 Å². The van der Waals surface area contributed by atoms with Crippen LogP contribution in [0.25, 0.3) is 0 Å². The Labute approximate surface area is 141 Å². The van der Waals surface area contributed by atoms with Gasteiger partial charge < -0.3 is 10.2 Å². The molecule has 0 saturated carbocycles. The molecule has 2 atom stereocenters. The van der Waals surface area contributed by atoms with E-state index in [4.69, 9.17) is 0 Å². The van der Waals surface area contributed by atoms with Gasteiger partial charge >= 0.3 is 6.18 Å². The van der Waals surface area contributed by atoms with Crippen LogP contribution in [0.3, 0.4) is 0 Å². The number of hydrogen-bond donors (Lipinski definition) is 1.